The van der Waals surface area contributed by atoms with Crippen LogP contribution in [0, 0.1) is 6.92 Å². The molecule has 3 heterocycles. The van der Waals surface area contributed by atoms with E-state index >= 15 is 0 Å². The topological polar surface area (TPSA) is 80.5 Å². The van der Waals surface area contributed by atoms with Gasteiger partial charge < -0.3 is 14.7 Å². The first-order valence-electron chi connectivity index (χ1n) is 9.59. The Morgan fingerprint density at radius 2 is 2.17 bits per heavy atom. The zero-order chi connectivity index (χ0) is 20.5. The maximum Gasteiger partial charge on any atom is 0.252 e. The number of nitrogens with zero attached hydrogens (tertiary/aromatic N) is 4. The lowest BCUT2D eigenvalue weighted by Crippen LogP contribution is -2.33. The largest absolute Gasteiger partial charge is 0.495 e. The van der Waals surface area contributed by atoms with Crippen LogP contribution in [0.15, 0.2) is 35.3 Å². The lowest BCUT2D eigenvalue weighted by atomic mass is 10.1. The predicted octanol–water partition coefficient (Wildman–Crippen LogP) is 2.77. The summed E-state index contributed by atoms with van der Waals surface area (Å²) in [5.41, 5.74) is 2.15. The molecule has 8 heteroatoms. The van der Waals surface area contributed by atoms with Crippen molar-refractivity contribution in [3.8, 4) is 5.75 Å². The molecule has 1 saturated heterocycles. The minimum absolute atomic E-state index is 0.0119. The first-order chi connectivity index (χ1) is 14.0. The summed E-state index contributed by atoms with van der Waals surface area (Å²) in [6.07, 6.45) is 3.65. The molecule has 7 nitrogen and oxygen atoms in total. The van der Waals surface area contributed by atoms with E-state index in [4.69, 9.17) is 21.3 Å². The SMILES string of the molecule is COc1ccc(Cn2c(=O)cc(C)c3cnc(N4CCCC4CO)nc32)cc1Cl. The lowest BCUT2D eigenvalue weighted by Gasteiger charge is -2.23. The lowest BCUT2D eigenvalue weighted by molar-refractivity contribution is 0.265. The van der Waals surface area contributed by atoms with Gasteiger partial charge in [0.1, 0.15) is 11.4 Å². The number of ether oxygens (including phenoxy) is 1. The van der Waals surface area contributed by atoms with Crippen molar-refractivity contribution in [2.45, 2.75) is 32.4 Å². The highest BCUT2D eigenvalue weighted by Gasteiger charge is 2.26. The van der Waals surface area contributed by atoms with Crippen LogP contribution in [-0.2, 0) is 6.54 Å². The van der Waals surface area contributed by atoms with Crippen molar-refractivity contribution in [2.24, 2.45) is 0 Å². The van der Waals surface area contributed by atoms with Gasteiger partial charge >= 0.3 is 0 Å². The zero-order valence-corrected chi connectivity index (χ0v) is 17.2. The van der Waals surface area contributed by atoms with Gasteiger partial charge in [-0.15, -0.1) is 0 Å². The van der Waals surface area contributed by atoms with Crippen LogP contribution in [0.4, 0.5) is 5.95 Å². The van der Waals surface area contributed by atoms with Crippen molar-refractivity contribution >= 4 is 28.6 Å². The molecule has 0 bridgehead atoms. The molecule has 1 aliphatic heterocycles. The van der Waals surface area contributed by atoms with E-state index in [2.05, 4.69) is 4.98 Å². The van der Waals surface area contributed by atoms with Gasteiger partial charge in [0, 0.05) is 24.2 Å². The number of aliphatic hydroxyl groups is 1. The minimum Gasteiger partial charge on any atom is -0.495 e. The Bertz CT molecular complexity index is 1120. The van der Waals surface area contributed by atoms with Gasteiger partial charge in [-0.1, -0.05) is 17.7 Å². The Labute approximate surface area is 173 Å². The summed E-state index contributed by atoms with van der Waals surface area (Å²) in [5.74, 6) is 1.13. The maximum atomic E-state index is 12.8. The summed E-state index contributed by atoms with van der Waals surface area (Å²) < 4.78 is 6.84. The molecule has 1 fully saturated rings. The van der Waals surface area contributed by atoms with Crippen molar-refractivity contribution in [2.75, 3.05) is 25.2 Å². The number of aliphatic hydroxyl groups excluding tert-OH is 1. The van der Waals surface area contributed by atoms with Crippen LogP contribution < -0.4 is 15.2 Å². The molecule has 1 unspecified atom stereocenters. The van der Waals surface area contributed by atoms with E-state index < -0.39 is 0 Å². The first-order valence-corrected chi connectivity index (χ1v) is 9.96. The van der Waals surface area contributed by atoms with Crippen molar-refractivity contribution in [3.63, 3.8) is 0 Å². The summed E-state index contributed by atoms with van der Waals surface area (Å²) in [4.78, 5) is 24.1. The second-order valence-corrected chi connectivity index (χ2v) is 7.71. The Morgan fingerprint density at radius 1 is 1.34 bits per heavy atom. The van der Waals surface area contributed by atoms with Gasteiger partial charge in [-0.05, 0) is 43.0 Å². The van der Waals surface area contributed by atoms with Crippen molar-refractivity contribution < 1.29 is 9.84 Å². The van der Waals surface area contributed by atoms with Gasteiger partial charge in [-0.25, -0.2) is 4.98 Å². The van der Waals surface area contributed by atoms with Gasteiger partial charge in [-0.2, -0.15) is 4.98 Å². The van der Waals surface area contributed by atoms with E-state index in [1.54, 1.807) is 36.1 Å². The fourth-order valence-electron chi connectivity index (χ4n) is 3.86. The van der Waals surface area contributed by atoms with E-state index in [0.29, 0.717) is 28.9 Å². The van der Waals surface area contributed by atoms with Gasteiger partial charge in [-0.3, -0.25) is 9.36 Å². The molecule has 2 aromatic heterocycles. The first kappa shape index (κ1) is 19.7. The fourth-order valence-corrected chi connectivity index (χ4v) is 4.14. The van der Waals surface area contributed by atoms with Crippen LogP contribution in [0.2, 0.25) is 5.02 Å². The Balaban J connectivity index is 1.81. The number of aryl methyl sites for hydroxylation is 1. The summed E-state index contributed by atoms with van der Waals surface area (Å²) in [6, 6.07) is 7.08. The normalized spacial score (nSPS) is 16.6. The minimum atomic E-state index is -0.133. The number of hydrogen-bond acceptors (Lipinski definition) is 6. The predicted molar refractivity (Wildman–Crippen MR) is 113 cm³/mol. The molecule has 1 aliphatic rings. The highest BCUT2D eigenvalue weighted by molar-refractivity contribution is 6.32. The van der Waals surface area contributed by atoms with E-state index in [1.165, 1.54) is 0 Å². The number of benzene rings is 1. The van der Waals surface area contributed by atoms with Crippen molar-refractivity contribution in [3.05, 3.63) is 57.0 Å². The van der Waals surface area contributed by atoms with Crippen molar-refractivity contribution in [1.29, 1.82) is 0 Å². The number of halogens is 1. The standard InChI is InChI=1S/C21H23ClN4O3/c1-13-8-19(28)26(11-14-5-6-18(29-2)17(22)9-14)20-16(13)10-23-21(24-20)25-7-3-4-15(25)12-27/h5-6,8-10,15,27H,3-4,7,11-12H2,1-2H3. The Morgan fingerprint density at radius 3 is 2.90 bits per heavy atom. The third kappa shape index (κ3) is 3.68. The Kier molecular flexibility index (Phi) is 5.43. The molecule has 1 atom stereocenters. The van der Waals surface area contributed by atoms with E-state index in [-0.39, 0.29) is 18.2 Å². The zero-order valence-electron chi connectivity index (χ0n) is 16.4. The summed E-state index contributed by atoms with van der Waals surface area (Å²) in [6.45, 7) is 3.07. The van der Waals surface area contributed by atoms with Gasteiger partial charge in [0.05, 0.1) is 31.3 Å². The highest BCUT2D eigenvalue weighted by atomic mass is 35.5. The average Bonchev–Trinajstić information content (AvgIpc) is 3.19. The molecule has 0 aliphatic carbocycles. The summed E-state index contributed by atoms with van der Waals surface area (Å²) in [5, 5.41) is 11.0. The molecule has 0 radical (unpaired) electrons. The molecule has 152 valence electrons. The number of pyridine rings is 1. The van der Waals surface area contributed by atoms with Crippen LogP contribution in [-0.4, -0.2) is 45.9 Å². The second-order valence-electron chi connectivity index (χ2n) is 7.30. The monoisotopic (exact) mass is 414 g/mol. The third-order valence-corrected chi connectivity index (χ3v) is 5.74. The smallest absolute Gasteiger partial charge is 0.252 e. The summed E-state index contributed by atoms with van der Waals surface area (Å²) >= 11 is 6.25. The van der Waals surface area contributed by atoms with Crippen LogP contribution >= 0.6 is 11.6 Å². The Hall–Kier alpha value is -2.64. The molecule has 1 aromatic carbocycles. The number of anilines is 1. The average molecular weight is 415 g/mol. The fraction of sp³-hybridized carbons (Fsp3) is 0.381. The van der Waals surface area contributed by atoms with E-state index in [1.807, 2.05) is 17.9 Å². The number of methoxy groups -OCH3 is 1. The molecule has 0 saturated carbocycles. The molecule has 4 rings (SSSR count). The molecule has 3 aromatic rings. The number of rotatable bonds is 5. The summed E-state index contributed by atoms with van der Waals surface area (Å²) in [7, 11) is 1.56. The molecule has 0 amide bonds. The second kappa shape index (κ2) is 8.00. The van der Waals surface area contributed by atoms with E-state index in [0.717, 1.165) is 35.9 Å². The highest BCUT2D eigenvalue weighted by Crippen LogP contribution is 2.27. The maximum absolute atomic E-state index is 12.8. The molecule has 1 N–H and O–H groups in total. The van der Waals surface area contributed by atoms with Crippen LogP contribution in [0.3, 0.4) is 0 Å². The van der Waals surface area contributed by atoms with Crippen LogP contribution in [0.5, 0.6) is 5.75 Å². The van der Waals surface area contributed by atoms with Gasteiger partial charge in [0.15, 0.2) is 0 Å². The quantitative estimate of drug-likeness (QED) is 0.691. The molecular weight excluding hydrogens is 392 g/mol. The third-order valence-electron chi connectivity index (χ3n) is 5.44. The number of hydrogen-bond donors (Lipinski definition) is 1. The van der Waals surface area contributed by atoms with Crippen LogP contribution in [0.1, 0.15) is 24.0 Å². The number of fused-ring (bicyclic) bond motifs is 1. The molecular formula is C21H23ClN4O3. The van der Waals surface area contributed by atoms with Crippen molar-refractivity contribution in [1.82, 2.24) is 14.5 Å². The van der Waals surface area contributed by atoms with Crippen LogP contribution in [0.25, 0.3) is 11.0 Å². The molecule has 0 spiro atoms. The molecule has 29 heavy (non-hydrogen) atoms. The van der Waals surface area contributed by atoms with E-state index in [9.17, 15) is 9.90 Å². The van der Waals surface area contributed by atoms with Gasteiger partial charge in [0.2, 0.25) is 5.95 Å². The number of aromatic nitrogens is 3. The van der Waals surface area contributed by atoms with Gasteiger partial charge in [0.25, 0.3) is 5.56 Å².